The summed E-state index contributed by atoms with van der Waals surface area (Å²) >= 11 is 4.82. The summed E-state index contributed by atoms with van der Waals surface area (Å²) in [5, 5.41) is 5.55. The lowest BCUT2D eigenvalue weighted by atomic mass is 10.1. The number of thioether (sulfide) groups is 1. The van der Waals surface area contributed by atoms with Crippen LogP contribution in [0.5, 0.6) is 0 Å². The Hall–Kier alpha value is -2.57. The van der Waals surface area contributed by atoms with Gasteiger partial charge in [-0.2, -0.15) is 0 Å². The van der Waals surface area contributed by atoms with E-state index in [4.69, 9.17) is 0 Å². The lowest BCUT2D eigenvalue weighted by Crippen LogP contribution is -2.22. The average Bonchev–Trinajstić information content (AvgIpc) is 2.70. The highest BCUT2D eigenvalue weighted by atomic mass is 79.9. The van der Waals surface area contributed by atoms with Gasteiger partial charge in [-0.15, -0.1) is 11.8 Å². The van der Waals surface area contributed by atoms with Gasteiger partial charge >= 0.3 is 0 Å². The van der Waals surface area contributed by atoms with E-state index in [1.165, 1.54) is 11.8 Å². The first-order valence-corrected chi connectivity index (χ1v) is 10.8. The van der Waals surface area contributed by atoms with Crippen molar-refractivity contribution in [3.05, 3.63) is 88.4 Å². The van der Waals surface area contributed by atoms with Gasteiger partial charge in [0.25, 0.3) is 5.91 Å². The largest absolute Gasteiger partial charge is 0.325 e. The molecule has 0 heterocycles. The fourth-order valence-corrected chi connectivity index (χ4v) is 3.90. The van der Waals surface area contributed by atoms with Crippen LogP contribution in [0, 0.1) is 6.92 Å². The van der Waals surface area contributed by atoms with Gasteiger partial charge in [0, 0.05) is 26.3 Å². The zero-order chi connectivity index (χ0) is 20.8. The van der Waals surface area contributed by atoms with E-state index in [1.54, 1.807) is 6.07 Å². The molecule has 2 amide bonds. The molecule has 6 heteroatoms. The SMILES string of the molecule is Cc1ccccc1C(=O)Nc1cccc(SC(C)C(=O)Nc2ccc(Br)cc2)c1. The van der Waals surface area contributed by atoms with Crippen molar-refractivity contribution in [2.24, 2.45) is 0 Å². The molecule has 3 aromatic carbocycles. The van der Waals surface area contributed by atoms with Crippen LogP contribution in [0.25, 0.3) is 0 Å². The molecule has 3 rings (SSSR count). The Morgan fingerprint density at radius 3 is 2.34 bits per heavy atom. The van der Waals surface area contributed by atoms with Crippen molar-refractivity contribution in [1.82, 2.24) is 0 Å². The molecule has 0 saturated heterocycles. The van der Waals surface area contributed by atoms with Crippen LogP contribution in [-0.2, 0) is 4.79 Å². The Labute approximate surface area is 183 Å². The van der Waals surface area contributed by atoms with Gasteiger partial charge in [-0.05, 0) is 67.9 Å². The number of aryl methyl sites for hydroxylation is 1. The maximum absolute atomic E-state index is 12.5. The topological polar surface area (TPSA) is 58.2 Å². The molecule has 0 aliphatic rings. The Bertz CT molecular complexity index is 1020. The smallest absolute Gasteiger partial charge is 0.255 e. The molecule has 0 radical (unpaired) electrons. The van der Waals surface area contributed by atoms with Crippen molar-refractivity contribution in [3.8, 4) is 0 Å². The highest BCUT2D eigenvalue weighted by molar-refractivity contribution is 9.10. The van der Waals surface area contributed by atoms with E-state index in [2.05, 4.69) is 26.6 Å². The summed E-state index contributed by atoms with van der Waals surface area (Å²) in [5.41, 5.74) is 3.02. The molecular formula is C23H21BrN2O2S. The molecule has 1 unspecified atom stereocenters. The number of carbonyl (C=O) groups excluding carboxylic acids is 2. The summed E-state index contributed by atoms with van der Waals surface area (Å²) in [6, 6.07) is 22.4. The maximum Gasteiger partial charge on any atom is 0.255 e. The average molecular weight is 469 g/mol. The summed E-state index contributed by atoms with van der Waals surface area (Å²) in [6.07, 6.45) is 0. The third kappa shape index (κ3) is 5.95. The first-order chi connectivity index (χ1) is 13.9. The molecule has 0 aliphatic heterocycles. The fraction of sp³-hybridized carbons (Fsp3) is 0.130. The van der Waals surface area contributed by atoms with Gasteiger partial charge in [0.15, 0.2) is 0 Å². The summed E-state index contributed by atoms with van der Waals surface area (Å²) in [6.45, 7) is 3.77. The van der Waals surface area contributed by atoms with Crippen LogP contribution in [0.3, 0.4) is 0 Å². The normalized spacial score (nSPS) is 11.6. The number of nitrogens with one attached hydrogen (secondary N) is 2. The number of benzene rings is 3. The van der Waals surface area contributed by atoms with Gasteiger partial charge < -0.3 is 10.6 Å². The van der Waals surface area contributed by atoms with E-state index < -0.39 is 0 Å². The van der Waals surface area contributed by atoms with E-state index in [0.717, 1.165) is 20.6 Å². The van der Waals surface area contributed by atoms with Gasteiger partial charge in [0.2, 0.25) is 5.91 Å². The lowest BCUT2D eigenvalue weighted by Gasteiger charge is -2.13. The van der Waals surface area contributed by atoms with Crippen molar-refractivity contribution < 1.29 is 9.59 Å². The first kappa shape index (κ1) is 21.1. The second-order valence-electron chi connectivity index (χ2n) is 6.55. The van der Waals surface area contributed by atoms with Crippen LogP contribution < -0.4 is 10.6 Å². The summed E-state index contributed by atoms with van der Waals surface area (Å²) in [5.74, 6) is -0.224. The van der Waals surface area contributed by atoms with Crippen molar-refractivity contribution in [1.29, 1.82) is 0 Å². The number of hydrogen-bond donors (Lipinski definition) is 2. The quantitative estimate of drug-likeness (QED) is 0.427. The highest BCUT2D eigenvalue weighted by Crippen LogP contribution is 2.27. The lowest BCUT2D eigenvalue weighted by molar-refractivity contribution is -0.115. The van der Waals surface area contributed by atoms with Crippen LogP contribution in [0.15, 0.2) is 82.2 Å². The molecule has 0 aliphatic carbocycles. The summed E-state index contributed by atoms with van der Waals surface area (Å²) in [7, 11) is 0. The van der Waals surface area contributed by atoms with Crippen molar-refractivity contribution in [2.45, 2.75) is 24.0 Å². The number of halogens is 1. The molecule has 1 atom stereocenters. The van der Waals surface area contributed by atoms with Crippen LogP contribution in [-0.4, -0.2) is 17.1 Å². The van der Waals surface area contributed by atoms with Crippen molar-refractivity contribution in [2.75, 3.05) is 10.6 Å². The van der Waals surface area contributed by atoms with Crippen LogP contribution in [0.1, 0.15) is 22.8 Å². The molecule has 0 saturated carbocycles. The van der Waals surface area contributed by atoms with Gasteiger partial charge in [-0.25, -0.2) is 0 Å². The van der Waals surface area contributed by atoms with Crippen molar-refractivity contribution in [3.63, 3.8) is 0 Å². The van der Waals surface area contributed by atoms with Crippen LogP contribution in [0.4, 0.5) is 11.4 Å². The predicted molar refractivity (Wildman–Crippen MR) is 124 cm³/mol. The molecule has 2 N–H and O–H groups in total. The number of anilines is 2. The van der Waals surface area contributed by atoms with Gasteiger partial charge in [-0.1, -0.05) is 40.2 Å². The van der Waals surface area contributed by atoms with E-state index in [0.29, 0.717) is 11.3 Å². The predicted octanol–water partition coefficient (Wildman–Crippen LogP) is 6.13. The molecule has 148 valence electrons. The van der Waals surface area contributed by atoms with E-state index >= 15 is 0 Å². The third-order valence-electron chi connectivity index (χ3n) is 4.28. The Morgan fingerprint density at radius 1 is 0.897 bits per heavy atom. The van der Waals surface area contributed by atoms with Gasteiger partial charge in [-0.3, -0.25) is 9.59 Å². The summed E-state index contributed by atoms with van der Waals surface area (Å²) in [4.78, 5) is 25.9. The number of amides is 2. The Balaban J connectivity index is 1.63. The molecular weight excluding hydrogens is 448 g/mol. The number of rotatable bonds is 6. The molecule has 0 spiro atoms. The molecule has 0 fully saturated rings. The maximum atomic E-state index is 12.5. The minimum Gasteiger partial charge on any atom is -0.325 e. The van der Waals surface area contributed by atoms with Gasteiger partial charge in [0.05, 0.1) is 5.25 Å². The second kappa shape index (κ2) is 9.76. The Morgan fingerprint density at radius 2 is 1.62 bits per heavy atom. The van der Waals surface area contributed by atoms with Gasteiger partial charge in [0.1, 0.15) is 0 Å². The molecule has 0 aromatic heterocycles. The zero-order valence-electron chi connectivity index (χ0n) is 16.1. The van der Waals surface area contributed by atoms with E-state index in [1.807, 2.05) is 80.6 Å². The van der Waals surface area contributed by atoms with Crippen molar-refractivity contribution >= 4 is 50.9 Å². The van der Waals surface area contributed by atoms with Crippen LogP contribution >= 0.6 is 27.7 Å². The monoisotopic (exact) mass is 468 g/mol. The number of carbonyl (C=O) groups is 2. The highest BCUT2D eigenvalue weighted by Gasteiger charge is 2.15. The Kier molecular flexibility index (Phi) is 7.12. The van der Waals surface area contributed by atoms with E-state index in [9.17, 15) is 9.59 Å². The molecule has 3 aromatic rings. The third-order valence-corrected chi connectivity index (χ3v) is 5.90. The first-order valence-electron chi connectivity index (χ1n) is 9.12. The number of hydrogen-bond acceptors (Lipinski definition) is 3. The molecule has 4 nitrogen and oxygen atoms in total. The standard InChI is InChI=1S/C23H21BrN2O2S/c1-15-6-3-4-9-21(15)23(28)26-19-7-5-8-20(14-19)29-16(2)22(27)25-18-12-10-17(24)11-13-18/h3-14,16H,1-2H3,(H,25,27)(H,26,28). The molecule has 29 heavy (non-hydrogen) atoms. The minimum atomic E-state index is -0.291. The molecule has 0 bridgehead atoms. The fourth-order valence-electron chi connectivity index (χ4n) is 2.71. The van der Waals surface area contributed by atoms with E-state index in [-0.39, 0.29) is 17.1 Å². The van der Waals surface area contributed by atoms with Crippen LogP contribution in [0.2, 0.25) is 0 Å². The second-order valence-corrected chi connectivity index (χ2v) is 8.88. The minimum absolute atomic E-state index is 0.0772. The zero-order valence-corrected chi connectivity index (χ0v) is 18.5. The summed E-state index contributed by atoms with van der Waals surface area (Å²) < 4.78 is 0.961.